The molecule has 0 heterocycles. The van der Waals surface area contributed by atoms with Crippen molar-refractivity contribution >= 4 is 64.7 Å². The van der Waals surface area contributed by atoms with E-state index in [-0.39, 0.29) is 35.3 Å². The first-order chi connectivity index (χ1) is 18.7. The van der Waals surface area contributed by atoms with Gasteiger partial charge in [-0.15, -0.1) is 0 Å². The molecule has 0 aliphatic carbocycles. The van der Waals surface area contributed by atoms with Crippen LogP contribution in [0.1, 0.15) is 28.4 Å². The zero-order chi connectivity index (χ0) is 30.4. The lowest BCUT2D eigenvalue weighted by atomic mass is 10.1. The molecule has 0 saturated heterocycles. The van der Waals surface area contributed by atoms with Crippen molar-refractivity contribution in [1.82, 2.24) is 10.6 Å². The summed E-state index contributed by atoms with van der Waals surface area (Å²) in [4.78, 5) is 55.6. The lowest BCUT2D eigenvalue weighted by Gasteiger charge is -2.21. The van der Waals surface area contributed by atoms with Crippen LogP contribution in [0.25, 0.3) is 0 Å². The third-order valence-electron chi connectivity index (χ3n) is 4.57. The number of nitrogens with two attached hydrogens (primary N) is 2. The van der Waals surface area contributed by atoms with E-state index in [1.54, 1.807) is 34.8 Å². The van der Waals surface area contributed by atoms with E-state index in [0.29, 0.717) is 16.8 Å². The van der Waals surface area contributed by atoms with Gasteiger partial charge in [0.2, 0.25) is 5.91 Å². The molecule has 0 aromatic heterocycles. The van der Waals surface area contributed by atoms with E-state index >= 15 is 0 Å². The standard InChI is InChI=1S/C22H25ClN6O6S.C2H4O2/c1-36-29(10-18(24)30)16-5-14(4-15(23)7-16)22(34)28-8-13-3-2-12(21(25)26)6-17(13)35-11-19(31)27-9-20(32)33;1-2(3)4/h2-7H,8-11H2,1H3,(H2,24,30)(H3,25,26)(H,27,31)(H,28,34)(H,32,33);1H3,(H,3,4). The predicted octanol–water partition coefficient (Wildman–Crippen LogP) is 0.794. The van der Waals surface area contributed by atoms with Gasteiger partial charge in [-0.2, -0.15) is 0 Å². The molecule has 0 unspecified atom stereocenters. The number of nitrogen functional groups attached to an aromatic ring is 1. The number of nitrogens with one attached hydrogen (secondary N) is 3. The van der Waals surface area contributed by atoms with Gasteiger partial charge in [0.25, 0.3) is 17.8 Å². The zero-order valence-electron chi connectivity index (χ0n) is 21.5. The van der Waals surface area contributed by atoms with Gasteiger partial charge in [0.1, 0.15) is 24.7 Å². The Hall–Kier alpha value is -4.50. The largest absolute Gasteiger partial charge is 0.483 e. The molecule has 0 atom stereocenters. The van der Waals surface area contributed by atoms with Gasteiger partial charge in [-0.05, 0) is 24.3 Å². The van der Waals surface area contributed by atoms with Crippen molar-refractivity contribution in [1.29, 1.82) is 5.41 Å². The lowest BCUT2D eigenvalue weighted by molar-refractivity contribution is -0.138. The highest BCUT2D eigenvalue weighted by Crippen LogP contribution is 2.27. The first-order valence-corrected chi connectivity index (χ1v) is 12.8. The van der Waals surface area contributed by atoms with Crippen molar-refractivity contribution in [2.24, 2.45) is 11.5 Å². The molecule has 14 nitrogen and oxygen atoms in total. The molecule has 216 valence electrons. The fraction of sp³-hybridized carbons (Fsp3) is 0.250. The molecule has 0 bridgehead atoms. The minimum Gasteiger partial charge on any atom is -0.483 e. The molecule has 2 aromatic carbocycles. The topological polar surface area (TPSA) is 238 Å². The fourth-order valence-electron chi connectivity index (χ4n) is 2.90. The summed E-state index contributed by atoms with van der Waals surface area (Å²) in [6, 6.07) is 9.19. The highest BCUT2D eigenvalue weighted by molar-refractivity contribution is 8.00. The van der Waals surface area contributed by atoms with Gasteiger partial charge in [-0.1, -0.05) is 35.7 Å². The molecule has 16 heteroatoms. The van der Waals surface area contributed by atoms with E-state index < -0.39 is 42.8 Å². The molecule has 0 aliphatic rings. The second-order valence-corrected chi connectivity index (χ2v) is 9.02. The first-order valence-electron chi connectivity index (χ1n) is 11.2. The van der Waals surface area contributed by atoms with Crippen molar-refractivity contribution in [3.63, 3.8) is 0 Å². The number of benzene rings is 2. The van der Waals surface area contributed by atoms with E-state index in [4.69, 9.17) is 48.2 Å². The number of aliphatic carboxylic acids is 2. The number of amidine groups is 1. The summed E-state index contributed by atoms with van der Waals surface area (Å²) in [5.74, 6) is -3.78. The van der Waals surface area contributed by atoms with Gasteiger partial charge in [0.15, 0.2) is 6.61 Å². The molecule has 3 amide bonds. The molecule has 2 rings (SSSR count). The maximum absolute atomic E-state index is 12.9. The molecule has 0 spiro atoms. The van der Waals surface area contributed by atoms with E-state index in [1.807, 2.05) is 0 Å². The number of rotatable bonds is 13. The first kappa shape index (κ1) is 33.5. The molecule has 9 N–H and O–H groups in total. The van der Waals surface area contributed by atoms with Gasteiger partial charge in [0, 0.05) is 47.1 Å². The van der Waals surface area contributed by atoms with Crippen molar-refractivity contribution in [3.05, 3.63) is 58.1 Å². The maximum atomic E-state index is 12.9. The number of carbonyl (C=O) groups excluding carboxylic acids is 3. The Morgan fingerprint density at radius 3 is 2.25 bits per heavy atom. The third-order valence-corrected chi connectivity index (χ3v) is 5.56. The molecular formula is C24H29ClN6O8S. The van der Waals surface area contributed by atoms with Crippen LogP contribution in [0.15, 0.2) is 36.4 Å². The smallest absolute Gasteiger partial charge is 0.322 e. The lowest BCUT2D eigenvalue weighted by Crippen LogP contribution is -2.33. The number of primary amides is 1. The molecule has 0 radical (unpaired) electrons. The Balaban J connectivity index is 0.00000187. The highest BCUT2D eigenvalue weighted by atomic mass is 35.5. The fourth-order valence-corrected chi connectivity index (χ4v) is 3.70. The average Bonchev–Trinajstić information content (AvgIpc) is 2.87. The SMILES string of the molecule is CC(=O)O.CSN(CC(N)=O)c1cc(Cl)cc(C(=O)NCc2ccc(C(=N)N)cc2OCC(=O)NCC(=O)O)c1. The van der Waals surface area contributed by atoms with E-state index in [2.05, 4.69) is 10.6 Å². The van der Waals surface area contributed by atoms with Gasteiger partial charge < -0.3 is 41.4 Å². The summed E-state index contributed by atoms with van der Waals surface area (Å²) in [5.41, 5.74) is 12.4. The zero-order valence-corrected chi connectivity index (χ0v) is 23.1. The van der Waals surface area contributed by atoms with Gasteiger partial charge in [-0.3, -0.25) is 29.4 Å². The van der Waals surface area contributed by atoms with Crippen molar-refractivity contribution < 1.29 is 38.9 Å². The normalized spacial score (nSPS) is 9.88. The second kappa shape index (κ2) is 16.5. The highest BCUT2D eigenvalue weighted by Gasteiger charge is 2.16. The Kier molecular flexibility index (Phi) is 13.8. The molecule has 0 fully saturated rings. The molecule has 2 aromatic rings. The van der Waals surface area contributed by atoms with Gasteiger partial charge >= 0.3 is 5.97 Å². The van der Waals surface area contributed by atoms with Gasteiger partial charge in [-0.25, -0.2) is 0 Å². The number of anilines is 1. The van der Waals surface area contributed by atoms with Crippen LogP contribution in [-0.4, -0.2) is 71.7 Å². The number of nitrogens with zero attached hydrogens (tertiary/aromatic N) is 1. The van der Waals surface area contributed by atoms with Crippen LogP contribution in [-0.2, 0) is 25.7 Å². The number of carboxylic acids is 2. The average molecular weight is 597 g/mol. The summed E-state index contributed by atoms with van der Waals surface area (Å²) in [6.07, 6.45) is 1.75. The molecule has 40 heavy (non-hydrogen) atoms. The predicted molar refractivity (Wildman–Crippen MR) is 150 cm³/mol. The van der Waals surface area contributed by atoms with Crippen molar-refractivity contribution in [2.75, 3.05) is 30.3 Å². The van der Waals surface area contributed by atoms with Crippen LogP contribution in [0.3, 0.4) is 0 Å². The summed E-state index contributed by atoms with van der Waals surface area (Å²) >= 11 is 7.42. The van der Waals surface area contributed by atoms with Crippen LogP contribution in [0.5, 0.6) is 5.75 Å². The maximum Gasteiger partial charge on any atom is 0.322 e. The molecule has 0 saturated carbocycles. The Morgan fingerprint density at radius 1 is 1.05 bits per heavy atom. The Labute approximate surface area is 238 Å². The van der Waals surface area contributed by atoms with Crippen molar-refractivity contribution in [3.8, 4) is 5.75 Å². The number of amides is 3. The molecular weight excluding hydrogens is 568 g/mol. The van der Waals surface area contributed by atoms with E-state index in [0.717, 1.165) is 6.92 Å². The number of carbonyl (C=O) groups is 5. The number of hydrogen-bond donors (Lipinski definition) is 7. The minimum absolute atomic E-state index is 0.0154. The van der Waals surface area contributed by atoms with Crippen LogP contribution in [0.2, 0.25) is 5.02 Å². The quantitative estimate of drug-likeness (QED) is 0.0968. The Bertz CT molecular complexity index is 1270. The number of halogens is 1. The van der Waals surface area contributed by atoms with E-state index in [1.165, 1.54) is 24.1 Å². The number of carboxylic acid groups (broad SMARTS) is 2. The number of hydrogen-bond acceptors (Lipinski definition) is 9. The van der Waals surface area contributed by atoms with Gasteiger partial charge in [0.05, 0.1) is 0 Å². The van der Waals surface area contributed by atoms with Crippen LogP contribution in [0, 0.1) is 5.41 Å². The minimum atomic E-state index is -1.20. The third kappa shape index (κ3) is 12.4. The van der Waals surface area contributed by atoms with Crippen LogP contribution < -0.4 is 31.1 Å². The summed E-state index contributed by atoms with van der Waals surface area (Å²) in [7, 11) is 0. The number of ether oxygens (including phenoxy) is 1. The second-order valence-electron chi connectivity index (χ2n) is 7.78. The van der Waals surface area contributed by atoms with E-state index in [9.17, 15) is 19.2 Å². The summed E-state index contributed by atoms with van der Waals surface area (Å²) in [6.45, 7) is -0.0600. The summed E-state index contributed by atoms with van der Waals surface area (Å²) < 4.78 is 7.09. The summed E-state index contributed by atoms with van der Waals surface area (Å²) in [5, 5.41) is 28.9. The Morgan fingerprint density at radius 2 is 1.70 bits per heavy atom. The van der Waals surface area contributed by atoms with Crippen LogP contribution in [0.4, 0.5) is 5.69 Å². The van der Waals surface area contributed by atoms with Crippen molar-refractivity contribution in [2.45, 2.75) is 13.5 Å². The molecule has 0 aliphatic heterocycles. The monoisotopic (exact) mass is 596 g/mol. The van der Waals surface area contributed by atoms with Crippen LogP contribution >= 0.6 is 23.5 Å².